The van der Waals surface area contributed by atoms with Crippen LogP contribution in [0.15, 0.2) is 5.38 Å². The van der Waals surface area contributed by atoms with Gasteiger partial charge in [-0.15, -0.1) is 11.3 Å². The Balaban J connectivity index is 1.93. The maximum absolute atomic E-state index is 4.58. The average molecular weight is 281 g/mol. The summed E-state index contributed by atoms with van der Waals surface area (Å²) in [6.07, 6.45) is 2.31. The van der Waals surface area contributed by atoms with Crippen molar-refractivity contribution in [1.82, 2.24) is 15.2 Å². The highest BCUT2D eigenvalue weighted by atomic mass is 32.1. The van der Waals surface area contributed by atoms with Gasteiger partial charge in [-0.2, -0.15) is 0 Å². The van der Waals surface area contributed by atoms with E-state index in [0.29, 0.717) is 18.0 Å². The van der Waals surface area contributed by atoms with Crippen molar-refractivity contribution in [3.63, 3.8) is 0 Å². The largest absolute Gasteiger partial charge is 0.311 e. The van der Waals surface area contributed by atoms with E-state index in [0.717, 1.165) is 19.5 Å². The van der Waals surface area contributed by atoms with Crippen molar-refractivity contribution in [2.45, 2.75) is 52.6 Å². The lowest BCUT2D eigenvalue weighted by Crippen LogP contribution is -2.58. The molecule has 1 fully saturated rings. The summed E-state index contributed by atoms with van der Waals surface area (Å²) in [5, 5.41) is 7.07. The lowest BCUT2D eigenvalue weighted by atomic mass is 9.97. The van der Waals surface area contributed by atoms with Gasteiger partial charge in [0, 0.05) is 43.5 Å². The smallest absolute Gasteiger partial charge is 0.0897 e. The zero-order chi connectivity index (χ0) is 13.8. The van der Waals surface area contributed by atoms with Gasteiger partial charge in [0.2, 0.25) is 0 Å². The van der Waals surface area contributed by atoms with E-state index < -0.39 is 0 Å². The first kappa shape index (κ1) is 14.9. The molecule has 0 aromatic carbocycles. The molecular weight excluding hydrogens is 254 g/mol. The van der Waals surface area contributed by atoms with Crippen molar-refractivity contribution < 1.29 is 0 Å². The van der Waals surface area contributed by atoms with Crippen LogP contribution in [-0.2, 0) is 6.42 Å². The molecule has 0 spiro atoms. The summed E-state index contributed by atoms with van der Waals surface area (Å²) in [6.45, 7) is 12.5. The van der Waals surface area contributed by atoms with Gasteiger partial charge in [0.05, 0.1) is 10.7 Å². The molecule has 0 saturated carbocycles. The van der Waals surface area contributed by atoms with E-state index in [1.54, 1.807) is 11.3 Å². The lowest BCUT2D eigenvalue weighted by molar-refractivity contribution is 0.0983. The third-order valence-corrected chi connectivity index (χ3v) is 4.95. The van der Waals surface area contributed by atoms with Crippen LogP contribution in [0, 0.1) is 12.8 Å². The van der Waals surface area contributed by atoms with E-state index in [1.807, 2.05) is 0 Å². The Morgan fingerprint density at radius 3 is 2.89 bits per heavy atom. The molecule has 3 nitrogen and oxygen atoms in total. The molecule has 1 aromatic heterocycles. The van der Waals surface area contributed by atoms with Gasteiger partial charge in [0.25, 0.3) is 0 Å². The Kier molecular flexibility index (Phi) is 5.37. The van der Waals surface area contributed by atoms with Crippen molar-refractivity contribution in [2.24, 2.45) is 5.92 Å². The van der Waals surface area contributed by atoms with E-state index in [9.17, 15) is 0 Å². The minimum atomic E-state index is 0.659. The molecule has 19 heavy (non-hydrogen) atoms. The molecule has 2 atom stereocenters. The highest BCUT2D eigenvalue weighted by molar-refractivity contribution is 7.09. The van der Waals surface area contributed by atoms with Crippen LogP contribution in [-0.4, -0.2) is 41.6 Å². The summed E-state index contributed by atoms with van der Waals surface area (Å²) < 4.78 is 0. The maximum atomic E-state index is 4.58. The van der Waals surface area contributed by atoms with E-state index in [4.69, 9.17) is 0 Å². The van der Waals surface area contributed by atoms with E-state index >= 15 is 0 Å². The van der Waals surface area contributed by atoms with Crippen LogP contribution in [0.25, 0.3) is 0 Å². The zero-order valence-electron chi connectivity index (χ0n) is 12.6. The highest BCUT2D eigenvalue weighted by Gasteiger charge is 2.28. The molecule has 0 radical (unpaired) electrons. The molecule has 108 valence electrons. The van der Waals surface area contributed by atoms with Crippen LogP contribution < -0.4 is 5.32 Å². The van der Waals surface area contributed by atoms with Gasteiger partial charge < -0.3 is 5.32 Å². The van der Waals surface area contributed by atoms with Crippen molar-refractivity contribution >= 4 is 11.3 Å². The lowest BCUT2D eigenvalue weighted by Gasteiger charge is -2.42. The summed E-state index contributed by atoms with van der Waals surface area (Å²) in [5.41, 5.74) is 1.26. The van der Waals surface area contributed by atoms with Gasteiger partial charge in [-0.1, -0.05) is 20.8 Å². The molecule has 0 amide bonds. The molecule has 1 aliphatic heterocycles. The van der Waals surface area contributed by atoms with Crippen LogP contribution >= 0.6 is 11.3 Å². The molecule has 1 aromatic rings. The van der Waals surface area contributed by atoms with Crippen molar-refractivity contribution in [2.75, 3.05) is 19.6 Å². The summed E-state index contributed by atoms with van der Waals surface area (Å²) in [6, 6.07) is 1.33. The molecule has 2 heterocycles. The minimum absolute atomic E-state index is 0.659. The number of thiazole rings is 1. The minimum Gasteiger partial charge on any atom is -0.311 e. The Bertz CT molecular complexity index is 388. The van der Waals surface area contributed by atoms with Crippen LogP contribution in [0.4, 0.5) is 0 Å². The molecule has 1 N–H and O–H groups in total. The summed E-state index contributed by atoms with van der Waals surface area (Å²) in [4.78, 5) is 7.25. The van der Waals surface area contributed by atoms with Crippen LogP contribution in [0.2, 0.25) is 0 Å². The van der Waals surface area contributed by atoms with E-state index in [1.165, 1.54) is 23.7 Å². The summed E-state index contributed by atoms with van der Waals surface area (Å²) in [7, 11) is 0. The number of hydrogen-bond acceptors (Lipinski definition) is 4. The standard InChI is InChI=1S/C15H27N3S/c1-5-13-9-18(15(8-16-13)11(2)3)7-6-14-10-19-12(4)17-14/h10-11,13,15-16H,5-9H2,1-4H3. The van der Waals surface area contributed by atoms with Gasteiger partial charge in [-0.3, -0.25) is 4.90 Å². The van der Waals surface area contributed by atoms with Gasteiger partial charge in [-0.05, 0) is 19.3 Å². The third kappa shape index (κ3) is 4.01. The second-order valence-corrected chi connectivity index (χ2v) is 6.99. The maximum Gasteiger partial charge on any atom is 0.0897 e. The predicted molar refractivity (Wildman–Crippen MR) is 82.8 cm³/mol. The molecular formula is C15H27N3S. The zero-order valence-corrected chi connectivity index (χ0v) is 13.5. The van der Waals surface area contributed by atoms with Crippen molar-refractivity contribution in [3.8, 4) is 0 Å². The SMILES string of the molecule is CCC1CN(CCc2csc(C)n2)C(C(C)C)CN1. The molecule has 4 heteroatoms. The van der Waals surface area contributed by atoms with Gasteiger partial charge in [0.1, 0.15) is 0 Å². The monoisotopic (exact) mass is 281 g/mol. The molecule has 0 aliphatic carbocycles. The normalized spacial score (nSPS) is 25.1. The Labute approximate surface area is 121 Å². The van der Waals surface area contributed by atoms with Crippen LogP contribution in [0.5, 0.6) is 0 Å². The molecule has 1 aliphatic rings. The Morgan fingerprint density at radius 1 is 1.53 bits per heavy atom. The second-order valence-electron chi connectivity index (χ2n) is 5.93. The number of hydrogen-bond donors (Lipinski definition) is 1. The number of nitrogens with zero attached hydrogens (tertiary/aromatic N) is 2. The number of rotatable bonds is 5. The second kappa shape index (κ2) is 6.82. The number of nitrogens with one attached hydrogen (secondary N) is 1. The van der Waals surface area contributed by atoms with E-state index in [2.05, 4.69) is 48.3 Å². The Morgan fingerprint density at radius 2 is 2.32 bits per heavy atom. The fourth-order valence-corrected chi connectivity index (χ4v) is 3.52. The fourth-order valence-electron chi connectivity index (χ4n) is 2.87. The fraction of sp³-hybridized carbons (Fsp3) is 0.800. The first-order chi connectivity index (χ1) is 9.10. The Hall–Kier alpha value is -0.450. The van der Waals surface area contributed by atoms with Gasteiger partial charge >= 0.3 is 0 Å². The van der Waals surface area contributed by atoms with Crippen molar-refractivity contribution in [1.29, 1.82) is 0 Å². The number of aryl methyl sites for hydroxylation is 1. The molecule has 2 rings (SSSR count). The van der Waals surface area contributed by atoms with Crippen LogP contribution in [0.1, 0.15) is 37.9 Å². The first-order valence-electron chi connectivity index (χ1n) is 7.48. The summed E-state index contributed by atoms with van der Waals surface area (Å²) in [5.74, 6) is 0.711. The third-order valence-electron chi connectivity index (χ3n) is 4.12. The number of piperazine rings is 1. The van der Waals surface area contributed by atoms with Crippen molar-refractivity contribution in [3.05, 3.63) is 16.1 Å². The number of aromatic nitrogens is 1. The molecule has 0 bridgehead atoms. The van der Waals surface area contributed by atoms with Crippen LogP contribution in [0.3, 0.4) is 0 Å². The molecule has 2 unspecified atom stereocenters. The van der Waals surface area contributed by atoms with Gasteiger partial charge in [0.15, 0.2) is 0 Å². The summed E-state index contributed by atoms with van der Waals surface area (Å²) >= 11 is 1.76. The molecule has 1 saturated heterocycles. The highest BCUT2D eigenvalue weighted by Crippen LogP contribution is 2.17. The first-order valence-corrected chi connectivity index (χ1v) is 8.36. The average Bonchev–Trinajstić information content (AvgIpc) is 2.81. The topological polar surface area (TPSA) is 28.2 Å². The van der Waals surface area contributed by atoms with E-state index in [-0.39, 0.29) is 0 Å². The predicted octanol–water partition coefficient (Wildman–Crippen LogP) is 2.70. The van der Waals surface area contributed by atoms with Gasteiger partial charge in [-0.25, -0.2) is 4.98 Å². The quantitative estimate of drug-likeness (QED) is 0.899.